The second kappa shape index (κ2) is 17.7. The number of aromatic nitrogens is 3. The van der Waals surface area contributed by atoms with Crippen LogP contribution in [0.2, 0.25) is 0 Å². The number of hydrogen-bond donors (Lipinski definition) is 1. The zero-order valence-electron chi connectivity index (χ0n) is 37.9. The number of phenols is 1. The summed E-state index contributed by atoms with van der Waals surface area (Å²) in [6.45, 7) is 17.5. The number of para-hydroxylation sites is 1. The molecule has 2 heterocycles. The van der Waals surface area contributed by atoms with Crippen LogP contribution in [0.15, 0.2) is 164 Å². The third kappa shape index (κ3) is 8.65. The summed E-state index contributed by atoms with van der Waals surface area (Å²) < 4.78 is 2.25. The maximum atomic E-state index is 12.4. The minimum atomic E-state index is -0.317. The molecule has 0 aliphatic heterocycles. The monoisotopic (exact) mass is 1020 g/mol. The van der Waals surface area contributed by atoms with E-state index < -0.39 is 0 Å². The van der Waals surface area contributed by atoms with Gasteiger partial charge in [0.1, 0.15) is 11.6 Å². The second-order valence-corrected chi connectivity index (χ2v) is 18.8. The van der Waals surface area contributed by atoms with Crippen LogP contribution in [-0.2, 0) is 38.3 Å². The van der Waals surface area contributed by atoms with Crippen LogP contribution in [0.3, 0.4) is 0 Å². The van der Waals surface area contributed by atoms with Gasteiger partial charge in [0.05, 0.1) is 16.6 Å². The Balaban J connectivity index is 0.00000560. The van der Waals surface area contributed by atoms with Crippen molar-refractivity contribution < 1.29 is 26.2 Å². The third-order valence-electron chi connectivity index (χ3n) is 12.2. The number of pyridine rings is 1. The number of benzene rings is 7. The maximum absolute atomic E-state index is 12.4. The van der Waals surface area contributed by atoms with E-state index in [0.717, 1.165) is 78.9 Å². The zero-order chi connectivity index (χ0) is 44.0. The van der Waals surface area contributed by atoms with Gasteiger partial charge in [0.15, 0.2) is 0 Å². The Hall–Kier alpha value is -6.35. The predicted octanol–water partition coefficient (Wildman–Crippen LogP) is 15.4. The molecule has 0 aliphatic carbocycles. The molecule has 64 heavy (non-hydrogen) atoms. The Morgan fingerprint density at radius 1 is 0.578 bits per heavy atom. The molecule has 2 aromatic heterocycles. The van der Waals surface area contributed by atoms with E-state index in [-0.39, 0.29) is 37.6 Å². The molecule has 7 aromatic carbocycles. The molecule has 5 heteroatoms. The van der Waals surface area contributed by atoms with Gasteiger partial charge in [-0.2, -0.15) is 0 Å². The molecule has 1 N–H and O–H groups in total. The number of rotatable bonds is 8. The minimum absolute atomic E-state index is 0. The maximum Gasteiger partial charge on any atom is 0.148 e. The van der Waals surface area contributed by atoms with Gasteiger partial charge in [-0.05, 0) is 93.5 Å². The van der Waals surface area contributed by atoms with E-state index >= 15 is 0 Å². The van der Waals surface area contributed by atoms with Gasteiger partial charge < -0.3 is 5.11 Å². The van der Waals surface area contributed by atoms with Gasteiger partial charge in [0.2, 0.25) is 0 Å². The largest absolute Gasteiger partial charge is 0.507 e. The topological polar surface area (TPSA) is 50.9 Å². The van der Waals surface area contributed by atoms with Gasteiger partial charge in [-0.15, -0.1) is 23.8 Å². The summed E-state index contributed by atoms with van der Waals surface area (Å²) in [7, 11) is 0. The summed E-state index contributed by atoms with van der Waals surface area (Å²) in [5.41, 5.74) is 17.9. The summed E-state index contributed by atoms with van der Waals surface area (Å²) in [5.74, 6) is 0.942. The number of imidazole rings is 1. The summed E-state index contributed by atoms with van der Waals surface area (Å²) in [6, 6.07) is 59.6. The van der Waals surface area contributed by atoms with E-state index in [4.69, 9.17) is 9.97 Å². The van der Waals surface area contributed by atoms with Gasteiger partial charge in [0, 0.05) is 44.2 Å². The van der Waals surface area contributed by atoms with E-state index in [1.54, 1.807) is 0 Å². The van der Waals surface area contributed by atoms with Crippen LogP contribution in [0, 0.1) is 13.0 Å². The quantitative estimate of drug-likeness (QED) is 0.154. The molecule has 0 spiro atoms. The third-order valence-corrected chi connectivity index (χ3v) is 12.2. The zero-order valence-corrected chi connectivity index (χ0v) is 40.2. The number of phenolic OH excluding ortho intramolecular Hbond substituents is 1. The predicted molar refractivity (Wildman–Crippen MR) is 263 cm³/mol. The Kier molecular flexibility index (Phi) is 12.2. The first-order chi connectivity index (χ1) is 30.3. The fourth-order valence-corrected chi connectivity index (χ4v) is 8.63. The molecule has 322 valence electrons. The molecule has 0 amide bonds. The van der Waals surface area contributed by atoms with Crippen LogP contribution in [-0.4, -0.2) is 19.6 Å². The first-order valence-electron chi connectivity index (χ1n) is 22.0. The summed E-state index contributed by atoms with van der Waals surface area (Å²) in [6.07, 6.45) is 2.74. The Morgan fingerprint density at radius 3 is 1.92 bits per heavy atom. The molecule has 0 saturated carbocycles. The summed E-state index contributed by atoms with van der Waals surface area (Å²) in [4.78, 5) is 10.5. The number of fused-ring (bicyclic) bond motifs is 1. The van der Waals surface area contributed by atoms with Gasteiger partial charge in [-0.1, -0.05) is 186 Å². The first kappa shape index (κ1) is 44.3. The van der Waals surface area contributed by atoms with Gasteiger partial charge in [-0.3, -0.25) is 9.55 Å². The smallest absolute Gasteiger partial charge is 0.148 e. The van der Waals surface area contributed by atoms with E-state index in [0.29, 0.717) is 11.4 Å². The molecule has 0 radical (unpaired) electrons. The molecule has 0 atom stereocenters. The molecule has 9 rings (SSSR count). The SMILES string of the molecule is CCc1cc(-n2c(-c3cc(C(C)(C)C)cc(C(C)(C)C)c3O)nc3c(-c4[c-]c(-c5cc(-c6ccc(C)cc6)ccn5)cc(-c5ccccc5)c4)cccc32)ccc1-c1ccccc1.[Pt]. The van der Waals surface area contributed by atoms with Crippen molar-refractivity contribution in [3.05, 3.63) is 192 Å². The van der Waals surface area contributed by atoms with Gasteiger partial charge in [0.25, 0.3) is 0 Å². The van der Waals surface area contributed by atoms with Crippen LogP contribution in [0.1, 0.15) is 70.7 Å². The number of aryl methyl sites for hydroxylation is 2. The number of nitrogens with zero attached hydrogens (tertiary/aromatic N) is 3. The molecular formula is C59H54N3OPt-. The van der Waals surface area contributed by atoms with Crippen molar-refractivity contribution in [3.8, 4) is 78.6 Å². The molecule has 0 unspecified atom stereocenters. The molecule has 4 nitrogen and oxygen atoms in total. The van der Waals surface area contributed by atoms with Crippen LogP contribution in [0.4, 0.5) is 0 Å². The van der Waals surface area contributed by atoms with Crippen LogP contribution in [0.25, 0.3) is 83.9 Å². The fraction of sp³-hybridized carbons (Fsp3) is 0.186. The van der Waals surface area contributed by atoms with Crippen LogP contribution < -0.4 is 0 Å². The number of aromatic hydroxyl groups is 1. The van der Waals surface area contributed by atoms with Crippen molar-refractivity contribution in [2.75, 3.05) is 0 Å². The normalized spacial score (nSPS) is 11.8. The van der Waals surface area contributed by atoms with Crippen LogP contribution >= 0.6 is 0 Å². The van der Waals surface area contributed by atoms with E-state index in [1.165, 1.54) is 22.3 Å². The standard InChI is InChI=1S/C59H54N3O.Pt/c1-9-39-34-48(27-28-49(39)42-19-14-11-15-20-42)62-54-22-16-21-50(55(54)61-57(62)51-36-47(58(3,4)5)37-52(56(51)63)59(6,7)8)45-31-44(40-17-12-10-13-18-40)32-46(33-45)53-35-43(29-30-60-53)41-25-23-38(2)24-26-41;/h10-32,34-37,63H,9H2,1-8H3;/q-1;. The van der Waals surface area contributed by atoms with E-state index in [2.05, 4.69) is 218 Å². The van der Waals surface area contributed by atoms with Crippen molar-refractivity contribution in [1.29, 1.82) is 0 Å². The van der Waals surface area contributed by atoms with Gasteiger partial charge >= 0.3 is 0 Å². The molecule has 0 aliphatic rings. The fourth-order valence-electron chi connectivity index (χ4n) is 8.63. The van der Waals surface area contributed by atoms with Crippen molar-refractivity contribution >= 4 is 11.0 Å². The molecular weight excluding hydrogens is 962 g/mol. The first-order valence-corrected chi connectivity index (χ1v) is 22.0. The second-order valence-electron chi connectivity index (χ2n) is 18.8. The average Bonchev–Trinajstić information content (AvgIpc) is 3.68. The Morgan fingerprint density at radius 2 is 1.25 bits per heavy atom. The van der Waals surface area contributed by atoms with Crippen molar-refractivity contribution in [3.63, 3.8) is 0 Å². The van der Waals surface area contributed by atoms with Crippen molar-refractivity contribution in [2.45, 2.75) is 72.6 Å². The average molecular weight is 1020 g/mol. The van der Waals surface area contributed by atoms with E-state index in [9.17, 15) is 5.11 Å². The van der Waals surface area contributed by atoms with Crippen LogP contribution in [0.5, 0.6) is 5.75 Å². The Bertz CT molecular complexity index is 3120. The van der Waals surface area contributed by atoms with Crippen molar-refractivity contribution in [1.82, 2.24) is 14.5 Å². The minimum Gasteiger partial charge on any atom is -0.507 e. The molecule has 0 fully saturated rings. The summed E-state index contributed by atoms with van der Waals surface area (Å²) >= 11 is 0. The summed E-state index contributed by atoms with van der Waals surface area (Å²) in [5, 5.41) is 12.4. The molecule has 9 aromatic rings. The Labute approximate surface area is 393 Å². The molecule has 0 saturated heterocycles. The van der Waals surface area contributed by atoms with E-state index in [1.807, 2.05) is 12.3 Å². The molecule has 0 bridgehead atoms. The number of hydrogen-bond acceptors (Lipinski definition) is 3. The van der Waals surface area contributed by atoms with Gasteiger partial charge in [-0.25, -0.2) is 4.98 Å². The van der Waals surface area contributed by atoms with Crippen molar-refractivity contribution in [2.24, 2.45) is 0 Å².